The minimum absolute atomic E-state index is 0.0898. The molecule has 0 atom stereocenters. The Morgan fingerprint density at radius 1 is 1.00 bits per heavy atom. The number of aromatic hydroxyl groups is 1. The van der Waals surface area contributed by atoms with Crippen LogP contribution in [0.2, 0.25) is 5.02 Å². The van der Waals surface area contributed by atoms with Crippen LogP contribution in [-0.4, -0.2) is 13.5 Å². The zero-order valence-corrected chi connectivity index (χ0v) is 13.5. The van der Waals surface area contributed by atoms with Crippen LogP contribution in [-0.2, 0) is 10.0 Å². The number of halogens is 1. The van der Waals surface area contributed by atoms with Crippen molar-refractivity contribution in [3.05, 3.63) is 52.0 Å². The Bertz CT molecular complexity index is 801. The van der Waals surface area contributed by atoms with E-state index < -0.39 is 10.0 Å². The van der Waals surface area contributed by atoms with Crippen molar-refractivity contribution in [1.82, 2.24) is 0 Å². The Labute approximate surface area is 129 Å². The van der Waals surface area contributed by atoms with Gasteiger partial charge >= 0.3 is 0 Å². The second kappa shape index (κ2) is 5.58. The van der Waals surface area contributed by atoms with Gasteiger partial charge in [0.25, 0.3) is 10.0 Å². The summed E-state index contributed by atoms with van der Waals surface area (Å²) in [5.74, 6) is -0.0954. The van der Waals surface area contributed by atoms with Gasteiger partial charge in [0.05, 0.1) is 15.6 Å². The summed E-state index contributed by atoms with van der Waals surface area (Å²) < 4.78 is 27.4. The number of nitrogens with one attached hydrogen (secondary N) is 1. The number of anilines is 1. The monoisotopic (exact) mass is 325 g/mol. The molecule has 0 spiro atoms. The van der Waals surface area contributed by atoms with E-state index in [2.05, 4.69) is 4.72 Å². The van der Waals surface area contributed by atoms with Crippen molar-refractivity contribution in [2.24, 2.45) is 0 Å². The molecule has 0 heterocycles. The van der Waals surface area contributed by atoms with E-state index in [1.54, 1.807) is 13.0 Å². The summed E-state index contributed by atoms with van der Waals surface area (Å²) in [6.45, 7) is 5.56. The third kappa shape index (κ3) is 3.31. The number of benzene rings is 2. The summed E-state index contributed by atoms with van der Waals surface area (Å²) in [5.41, 5.74) is 2.93. The summed E-state index contributed by atoms with van der Waals surface area (Å²) >= 11 is 5.78. The number of phenols is 1. The molecular weight excluding hydrogens is 310 g/mol. The fraction of sp³-hybridized carbons (Fsp3) is 0.200. The van der Waals surface area contributed by atoms with E-state index in [-0.39, 0.29) is 15.7 Å². The number of hydrogen-bond donors (Lipinski definition) is 2. The molecular formula is C15H16ClNO3S. The molecule has 2 aromatic carbocycles. The molecule has 6 heteroatoms. The first-order chi connectivity index (χ1) is 9.70. The molecule has 0 fully saturated rings. The molecule has 4 nitrogen and oxygen atoms in total. The highest BCUT2D eigenvalue weighted by molar-refractivity contribution is 7.92. The molecule has 112 valence electrons. The Morgan fingerprint density at radius 2 is 1.62 bits per heavy atom. The van der Waals surface area contributed by atoms with Gasteiger partial charge in [-0.05, 0) is 61.7 Å². The standard InChI is InChI=1S/C15H16ClNO3S/c1-9-6-11(3)15(7-10(9)2)21(19,20)17-12-4-5-14(18)13(16)8-12/h4-8,17-18H,1-3H3. The van der Waals surface area contributed by atoms with E-state index in [1.165, 1.54) is 18.2 Å². The Kier molecular flexibility index (Phi) is 4.16. The SMILES string of the molecule is Cc1cc(C)c(S(=O)(=O)Nc2ccc(O)c(Cl)c2)cc1C. The van der Waals surface area contributed by atoms with Crippen LogP contribution >= 0.6 is 11.6 Å². The van der Waals surface area contributed by atoms with Gasteiger partial charge < -0.3 is 5.11 Å². The van der Waals surface area contributed by atoms with E-state index in [9.17, 15) is 13.5 Å². The van der Waals surface area contributed by atoms with E-state index in [1.807, 2.05) is 19.9 Å². The number of aryl methyl sites for hydroxylation is 3. The third-order valence-electron chi connectivity index (χ3n) is 3.28. The maximum absolute atomic E-state index is 12.5. The molecule has 0 unspecified atom stereocenters. The molecule has 0 saturated carbocycles. The summed E-state index contributed by atoms with van der Waals surface area (Å²) in [5, 5.41) is 9.45. The van der Waals surface area contributed by atoms with Crippen LogP contribution in [0.15, 0.2) is 35.2 Å². The first-order valence-corrected chi connectivity index (χ1v) is 8.16. The Balaban J connectivity index is 2.43. The van der Waals surface area contributed by atoms with Crippen molar-refractivity contribution < 1.29 is 13.5 Å². The molecule has 21 heavy (non-hydrogen) atoms. The molecule has 0 aliphatic heterocycles. The number of phenolic OH excluding ortho intramolecular Hbond substituents is 1. The zero-order chi connectivity index (χ0) is 15.8. The fourth-order valence-corrected chi connectivity index (χ4v) is 3.55. The highest BCUT2D eigenvalue weighted by atomic mass is 35.5. The smallest absolute Gasteiger partial charge is 0.262 e. The van der Waals surface area contributed by atoms with Gasteiger partial charge in [0.1, 0.15) is 5.75 Å². The summed E-state index contributed by atoms with van der Waals surface area (Å²) in [7, 11) is -3.70. The van der Waals surface area contributed by atoms with Crippen molar-refractivity contribution in [2.75, 3.05) is 4.72 Å². The van der Waals surface area contributed by atoms with Crippen molar-refractivity contribution >= 4 is 27.3 Å². The van der Waals surface area contributed by atoms with Gasteiger partial charge in [-0.3, -0.25) is 4.72 Å². The van der Waals surface area contributed by atoms with E-state index in [0.29, 0.717) is 11.3 Å². The van der Waals surface area contributed by atoms with Gasteiger partial charge in [-0.1, -0.05) is 17.7 Å². The number of hydrogen-bond acceptors (Lipinski definition) is 3. The lowest BCUT2D eigenvalue weighted by atomic mass is 10.1. The summed E-state index contributed by atoms with van der Waals surface area (Å²) in [6, 6.07) is 7.65. The van der Waals surface area contributed by atoms with Gasteiger partial charge in [0, 0.05) is 0 Å². The van der Waals surface area contributed by atoms with Crippen LogP contribution in [0.3, 0.4) is 0 Å². The maximum Gasteiger partial charge on any atom is 0.262 e. The molecule has 0 aromatic heterocycles. The summed E-state index contributed by atoms with van der Waals surface area (Å²) in [6.07, 6.45) is 0. The van der Waals surface area contributed by atoms with Crippen LogP contribution in [0, 0.1) is 20.8 Å². The van der Waals surface area contributed by atoms with Crippen LogP contribution in [0.1, 0.15) is 16.7 Å². The van der Waals surface area contributed by atoms with Gasteiger partial charge in [0.2, 0.25) is 0 Å². The summed E-state index contributed by atoms with van der Waals surface area (Å²) in [4.78, 5) is 0.231. The molecule has 0 saturated heterocycles. The second-order valence-electron chi connectivity index (χ2n) is 4.97. The van der Waals surface area contributed by atoms with Crippen LogP contribution < -0.4 is 4.72 Å². The molecule has 2 aromatic rings. The van der Waals surface area contributed by atoms with Crippen molar-refractivity contribution in [3.8, 4) is 5.75 Å². The molecule has 2 N–H and O–H groups in total. The van der Waals surface area contributed by atoms with E-state index in [0.717, 1.165) is 11.1 Å². The lowest BCUT2D eigenvalue weighted by Crippen LogP contribution is -2.14. The molecule has 0 radical (unpaired) electrons. The predicted octanol–water partition coefficient (Wildman–Crippen LogP) is 3.77. The largest absolute Gasteiger partial charge is 0.506 e. The Hall–Kier alpha value is -1.72. The highest BCUT2D eigenvalue weighted by Gasteiger charge is 2.18. The maximum atomic E-state index is 12.5. The lowest BCUT2D eigenvalue weighted by Gasteiger charge is -2.13. The molecule has 0 bridgehead atoms. The topological polar surface area (TPSA) is 66.4 Å². The first kappa shape index (κ1) is 15.7. The van der Waals surface area contributed by atoms with Gasteiger partial charge in [-0.25, -0.2) is 8.42 Å². The van der Waals surface area contributed by atoms with Crippen LogP contribution in [0.25, 0.3) is 0 Å². The van der Waals surface area contributed by atoms with Crippen LogP contribution in [0.4, 0.5) is 5.69 Å². The van der Waals surface area contributed by atoms with Gasteiger partial charge in [-0.2, -0.15) is 0 Å². The predicted molar refractivity (Wildman–Crippen MR) is 84.6 cm³/mol. The van der Waals surface area contributed by atoms with Crippen molar-refractivity contribution in [3.63, 3.8) is 0 Å². The van der Waals surface area contributed by atoms with Gasteiger partial charge in [0.15, 0.2) is 0 Å². The lowest BCUT2D eigenvalue weighted by molar-refractivity contribution is 0.475. The molecule has 2 rings (SSSR count). The number of sulfonamides is 1. The number of rotatable bonds is 3. The van der Waals surface area contributed by atoms with Gasteiger partial charge in [-0.15, -0.1) is 0 Å². The molecule has 0 aliphatic rings. The zero-order valence-electron chi connectivity index (χ0n) is 11.9. The fourth-order valence-electron chi connectivity index (χ4n) is 2.00. The van der Waals surface area contributed by atoms with Crippen molar-refractivity contribution in [1.29, 1.82) is 0 Å². The minimum Gasteiger partial charge on any atom is -0.506 e. The minimum atomic E-state index is -3.70. The average molecular weight is 326 g/mol. The normalized spacial score (nSPS) is 11.4. The first-order valence-electron chi connectivity index (χ1n) is 6.30. The van der Waals surface area contributed by atoms with Crippen molar-refractivity contribution in [2.45, 2.75) is 25.7 Å². The second-order valence-corrected chi connectivity index (χ2v) is 7.03. The van der Waals surface area contributed by atoms with E-state index in [4.69, 9.17) is 11.6 Å². The molecule has 0 aliphatic carbocycles. The third-order valence-corrected chi connectivity index (χ3v) is 5.11. The quantitative estimate of drug-likeness (QED) is 0.844. The highest BCUT2D eigenvalue weighted by Crippen LogP contribution is 2.28. The van der Waals surface area contributed by atoms with E-state index >= 15 is 0 Å². The Morgan fingerprint density at radius 3 is 2.24 bits per heavy atom. The average Bonchev–Trinajstić information content (AvgIpc) is 2.37. The molecule has 0 amide bonds. The van der Waals surface area contributed by atoms with Crippen LogP contribution in [0.5, 0.6) is 5.75 Å².